The average molecular weight is 205 g/mol. The van der Waals surface area contributed by atoms with E-state index in [1.54, 1.807) is 31.2 Å². The normalized spacial score (nSPS) is 13.7. The monoisotopic (exact) mass is 204 g/mol. The molecule has 0 N–H and O–H groups in total. The lowest BCUT2D eigenvalue weighted by molar-refractivity contribution is 0.666. The molecule has 2 unspecified atom stereocenters. The zero-order chi connectivity index (χ0) is 10.6. The molecule has 0 aliphatic carbocycles. The number of nitriles is 2. The van der Waals surface area contributed by atoms with Gasteiger partial charge in [-0.1, -0.05) is 23.7 Å². The fourth-order valence-electron chi connectivity index (χ4n) is 1.22. The molecular weight excluding hydrogens is 196 g/mol. The van der Waals surface area contributed by atoms with E-state index in [1.165, 1.54) is 0 Å². The van der Waals surface area contributed by atoms with Gasteiger partial charge in [0.25, 0.3) is 0 Å². The molecule has 2 atom stereocenters. The summed E-state index contributed by atoms with van der Waals surface area (Å²) in [7, 11) is 0. The van der Waals surface area contributed by atoms with Gasteiger partial charge in [0.05, 0.1) is 24.0 Å². The van der Waals surface area contributed by atoms with Gasteiger partial charge in [0.15, 0.2) is 0 Å². The molecule has 0 aromatic heterocycles. The predicted octanol–water partition coefficient (Wildman–Crippen LogP) is 3.11. The van der Waals surface area contributed by atoms with Gasteiger partial charge in [-0.2, -0.15) is 10.5 Å². The Balaban J connectivity index is 2.98. The average Bonchev–Trinajstić information content (AvgIpc) is 2.21. The number of benzene rings is 1. The van der Waals surface area contributed by atoms with Crippen LogP contribution in [0.4, 0.5) is 0 Å². The first-order valence-electron chi connectivity index (χ1n) is 4.23. The van der Waals surface area contributed by atoms with E-state index in [4.69, 9.17) is 22.1 Å². The summed E-state index contributed by atoms with van der Waals surface area (Å²) in [6.07, 6.45) is 0. The van der Waals surface area contributed by atoms with Crippen LogP contribution in [0.1, 0.15) is 18.4 Å². The fourth-order valence-corrected chi connectivity index (χ4v) is 1.35. The molecule has 14 heavy (non-hydrogen) atoms. The highest BCUT2D eigenvalue weighted by Crippen LogP contribution is 2.24. The summed E-state index contributed by atoms with van der Waals surface area (Å²) in [5.74, 6) is -0.682. The first-order chi connectivity index (χ1) is 6.69. The van der Waals surface area contributed by atoms with Crippen molar-refractivity contribution in [2.45, 2.75) is 12.8 Å². The maximum atomic E-state index is 8.92. The molecule has 0 aliphatic heterocycles. The van der Waals surface area contributed by atoms with Gasteiger partial charge in [-0.3, -0.25) is 0 Å². The second-order valence-corrected chi connectivity index (χ2v) is 3.51. The van der Waals surface area contributed by atoms with Gasteiger partial charge in [0.2, 0.25) is 0 Å². The molecule has 1 aromatic carbocycles. The third-order valence-corrected chi connectivity index (χ3v) is 2.32. The predicted molar refractivity (Wildman–Crippen MR) is 54.6 cm³/mol. The van der Waals surface area contributed by atoms with Crippen LogP contribution in [-0.4, -0.2) is 0 Å². The fraction of sp³-hybridized carbons (Fsp3) is 0.273. The van der Waals surface area contributed by atoms with Crippen LogP contribution in [0.5, 0.6) is 0 Å². The van der Waals surface area contributed by atoms with Gasteiger partial charge in [0.1, 0.15) is 0 Å². The Kier molecular flexibility index (Phi) is 3.51. The molecular formula is C11H9ClN2. The van der Waals surface area contributed by atoms with E-state index in [-0.39, 0.29) is 11.8 Å². The van der Waals surface area contributed by atoms with Gasteiger partial charge >= 0.3 is 0 Å². The van der Waals surface area contributed by atoms with E-state index in [9.17, 15) is 0 Å². The molecule has 3 heteroatoms. The molecule has 0 bridgehead atoms. The molecule has 70 valence electrons. The van der Waals surface area contributed by atoms with Crippen LogP contribution in [0.25, 0.3) is 0 Å². The van der Waals surface area contributed by atoms with Crippen molar-refractivity contribution in [2.75, 3.05) is 0 Å². The Morgan fingerprint density at radius 1 is 1.14 bits per heavy atom. The van der Waals surface area contributed by atoms with Crippen LogP contribution in [0.2, 0.25) is 5.02 Å². The van der Waals surface area contributed by atoms with E-state index in [1.807, 2.05) is 0 Å². The lowest BCUT2D eigenvalue weighted by atomic mass is 9.89. The Morgan fingerprint density at radius 2 is 1.71 bits per heavy atom. The van der Waals surface area contributed by atoms with E-state index in [2.05, 4.69) is 12.1 Å². The van der Waals surface area contributed by atoms with Crippen molar-refractivity contribution in [1.82, 2.24) is 0 Å². The summed E-state index contributed by atoms with van der Waals surface area (Å²) in [6.45, 7) is 1.74. The molecule has 0 amide bonds. The second kappa shape index (κ2) is 4.65. The van der Waals surface area contributed by atoms with Crippen LogP contribution < -0.4 is 0 Å². The van der Waals surface area contributed by atoms with E-state index in [0.717, 1.165) is 5.56 Å². The highest BCUT2D eigenvalue weighted by Gasteiger charge is 2.17. The standard InChI is InChI=1S/C11H9ClN2/c1-8(6-13)11(7-14)9-2-4-10(12)5-3-9/h2-5,8,11H,1H3. The Morgan fingerprint density at radius 3 is 2.14 bits per heavy atom. The highest BCUT2D eigenvalue weighted by atomic mass is 35.5. The summed E-state index contributed by atoms with van der Waals surface area (Å²) in [5, 5.41) is 18.3. The van der Waals surface area contributed by atoms with Crippen molar-refractivity contribution >= 4 is 11.6 Å². The van der Waals surface area contributed by atoms with E-state index in [0.29, 0.717) is 5.02 Å². The van der Waals surface area contributed by atoms with Gasteiger partial charge < -0.3 is 0 Å². The smallest absolute Gasteiger partial charge is 0.0868 e. The highest BCUT2D eigenvalue weighted by molar-refractivity contribution is 6.30. The van der Waals surface area contributed by atoms with Crippen LogP contribution in [0.15, 0.2) is 24.3 Å². The van der Waals surface area contributed by atoms with E-state index < -0.39 is 0 Å². The van der Waals surface area contributed by atoms with Gasteiger partial charge in [-0.15, -0.1) is 0 Å². The van der Waals surface area contributed by atoms with Crippen molar-refractivity contribution < 1.29 is 0 Å². The summed E-state index contributed by atoms with van der Waals surface area (Å²) in [6, 6.07) is 11.2. The maximum absolute atomic E-state index is 8.92. The third-order valence-electron chi connectivity index (χ3n) is 2.07. The minimum atomic E-state index is -0.378. The lowest BCUT2D eigenvalue weighted by Crippen LogP contribution is -2.05. The number of halogens is 1. The summed E-state index contributed by atoms with van der Waals surface area (Å²) < 4.78 is 0. The Bertz CT molecular complexity index is 383. The molecule has 1 aromatic rings. The quantitative estimate of drug-likeness (QED) is 0.743. The van der Waals surface area contributed by atoms with E-state index >= 15 is 0 Å². The molecule has 0 radical (unpaired) electrons. The first-order valence-corrected chi connectivity index (χ1v) is 4.61. The zero-order valence-electron chi connectivity index (χ0n) is 7.74. The molecule has 0 saturated heterocycles. The van der Waals surface area contributed by atoms with Crippen molar-refractivity contribution in [3.8, 4) is 12.1 Å². The third kappa shape index (κ3) is 2.25. The number of hydrogen-bond donors (Lipinski definition) is 0. The number of rotatable bonds is 2. The second-order valence-electron chi connectivity index (χ2n) is 3.08. The molecule has 0 fully saturated rings. The van der Waals surface area contributed by atoms with Gasteiger partial charge in [-0.25, -0.2) is 0 Å². The SMILES string of the molecule is CC(C#N)C(C#N)c1ccc(Cl)cc1. The summed E-state index contributed by atoms with van der Waals surface area (Å²) >= 11 is 5.73. The molecule has 2 nitrogen and oxygen atoms in total. The van der Waals surface area contributed by atoms with Crippen molar-refractivity contribution in [3.05, 3.63) is 34.9 Å². The van der Waals surface area contributed by atoms with Crippen LogP contribution in [0.3, 0.4) is 0 Å². The summed E-state index contributed by atoms with van der Waals surface area (Å²) in [4.78, 5) is 0. The summed E-state index contributed by atoms with van der Waals surface area (Å²) in [5.41, 5.74) is 0.839. The molecule has 1 rings (SSSR count). The van der Waals surface area contributed by atoms with Gasteiger partial charge in [0, 0.05) is 5.02 Å². The van der Waals surface area contributed by atoms with Crippen molar-refractivity contribution in [2.24, 2.45) is 5.92 Å². The molecule has 0 heterocycles. The van der Waals surface area contributed by atoms with Crippen LogP contribution in [-0.2, 0) is 0 Å². The number of nitrogens with zero attached hydrogens (tertiary/aromatic N) is 2. The van der Waals surface area contributed by atoms with Crippen molar-refractivity contribution in [1.29, 1.82) is 10.5 Å². The van der Waals surface area contributed by atoms with Crippen molar-refractivity contribution in [3.63, 3.8) is 0 Å². The minimum Gasteiger partial charge on any atom is -0.198 e. The molecule has 0 aliphatic rings. The molecule has 0 spiro atoms. The van der Waals surface area contributed by atoms with Gasteiger partial charge in [-0.05, 0) is 24.6 Å². The first kappa shape index (κ1) is 10.6. The van der Waals surface area contributed by atoms with Crippen LogP contribution in [0, 0.1) is 28.6 Å². The Hall–Kier alpha value is -1.51. The largest absolute Gasteiger partial charge is 0.198 e. The molecule has 0 saturated carbocycles. The Labute approximate surface area is 88.3 Å². The minimum absolute atomic E-state index is 0.304. The maximum Gasteiger partial charge on any atom is 0.0868 e. The zero-order valence-corrected chi connectivity index (χ0v) is 8.49. The topological polar surface area (TPSA) is 47.6 Å². The number of hydrogen-bond acceptors (Lipinski definition) is 2. The lowest BCUT2D eigenvalue weighted by Gasteiger charge is -2.10. The van der Waals surface area contributed by atoms with Crippen LogP contribution >= 0.6 is 11.6 Å².